The number of carboxylic acid groups (broad SMARTS) is 1. The van der Waals surface area contributed by atoms with Crippen LogP contribution in [0.5, 0.6) is 34.5 Å². The lowest BCUT2D eigenvalue weighted by Crippen LogP contribution is -2.60. The SMILES string of the molecule is COc1cc(-c2[o+]c3cc(O)cc(O[C@@H]4O[C@H](COC(=O)CC(=O)O)[C@@H](O)[C@H](O)[C@H]4O)c3cc2O[C@@H]2O[C@H](CO)[C@@H](O)[C@H](O)[C@H]2O)cc(O)c1O. The van der Waals surface area contributed by atoms with Crippen LogP contribution in [0.1, 0.15) is 6.42 Å². The fourth-order valence-electron chi connectivity index (χ4n) is 5.35. The number of carboxylic acids is 1. The summed E-state index contributed by atoms with van der Waals surface area (Å²) in [5.41, 5.74) is -0.185. The summed E-state index contributed by atoms with van der Waals surface area (Å²) in [7, 11) is 1.20. The molecule has 11 N–H and O–H groups in total. The van der Waals surface area contributed by atoms with Crippen molar-refractivity contribution in [2.45, 2.75) is 67.8 Å². The van der Waals surface area contributed by atoms with Crippen LogP contribution < -0.4 is 14.2 Å². The zero-order chi connectivity index (χ0) is 37.3. The first-order valence-corrected chi connectivity index (χ1v) is 15.1. The molecule has 5 rings (SSSR count). The molecule has 0 unspecified atom stereocenters. The fourth-order valence-corrected chi connectivity index (χ4v) is 5.35. The zero-order valence-electron chi connectivity index (χ0n) is 26.4. The second-order valence-corrected chi connectivity index (χ2v) is 11.5. The van der Waals surface area contributed by atoms with Crippen LogP contribution in [0, 0.1) is 0 Å². The maximum absolute atomic E-state index is 11.7. The van der Waals surface area contributed by atoms with Gasteiger partial charge in [0.25, 0.3) is 0 Å². The number of aliphatic carboxylic acids is 1. The molecule has 0 amide bonds. The molecule has 3 heterocycles. The molecule has 51 heavy (non-hydrogen) atoms. The molecule has 0 saturated carbocycles. The lowest BCUT2D eigenvalue weighted by molar-refractivity contribution is -0.278. The second kappa shape index (κ2) is 15.2. The van der Waals surface area contributed by atoms with E-state index >= 15 is 0 Å². The van der Waals surface area contributed by atoms with Crippen molar-refractivity contribution in [2.24, 2.45) is 0 Å². The van der Waals surface area contributed by atoms with E-state index in [4.69, 9.17) is 37.9 Å². The van der Waals surface area contributed by atoms with E-state index in [2.05, 4.69) is 0 Å². The summed E-state index contributed by atoms with van der Waals surface area (Å²) in [6.45, 7) is -1.54. The summed E-state index contributed by atoms with van der Waals surface area (Å²) >= 11 is 0. The Labute approximate surface area is 286 Å². The van der Waals surface area contributed by atoms with Gasteiger partial charge in [-0.3, -0.25) is 9.59 Å². The summed E-state index contributed by atoms with van der Waals surface area (Å²) in [6.07, 6.45) is -18.7. The van der Waals surface area contributed by atoms with Crippen molar-refractivity contribution in [3.8, 4) is 45.8 Å². The highest BCUT2D eigenvalue weighted by molar-refractivity contribution is 5.90. The minimum absolute atomic E-state index is 0.0158. The van der Waals surface area contributed by atoms with Crippen molar-refractivity contribution in [2.75, 3.05) is 20.3 Å². The number of carbonyl (C=O) groups is 2. The Morgan fingerprint density at radius 2 is 1.37 bits per heavy atom. The van der Waals surface area contributed by atoms with E-state index in [0.29, 0.717) is 0 Å². The molecule has 0 spiro atoms. The Bertz CT molecular complexity index is 1750. The number of fused-ring (bicyclic) bond motifs is 1. The van der Waals surface area contributed by atoms with E-state index in [-0.39, 0.29) is 39.5 Å². The number of rotatable bonds is 11. The van der Waals surface area contributed by atoms with Crippen molar-refractivity contribution < 1.29 is 98.6 Å². The van der Waals surface area contributed by atoms with E-state index in [1.807, 2.05) is 0 Å². The third kappa shape index (κ3) is 7.78. The topological polar surface area (TPSA) is 323 Å². The Morgan fingerprint density at radius 1 is 0.765 bits per heavy atom. The predicted octanol–water partition coefficient (Wildman–Crippen LogP) is -2.11. The number of esters is 1. The molecular weight excluding hydrogens is 692 g/mol. The number of methoxy groups -OCH3 is 1. The van der Waals surface area contributed by atoms with Crippen molar-refractivity contribution in [3.63, 3.8) is 0 Å². The van der Waals surface area contributed by atoms with Gasteiger partial charge in [-0.1, -0.05) is 0 Å². The number of hydrogen-bond acceptors (Lipinski definition) is 18. The van der Waals surface area contributed by atoms with Gasteiger partial charge < -0.3 is 84.6 Å². The molecule has 2 aliphatic rings. The number of phenols is 3. The fraction of sp³-hybridized carbons (Fsp3) is 0.452. The molecular formula is C31H35O20+. The number of carbonyl (C=O) groups excluding carboxylic acids is 1. The summed E-state index contributed by atoms with van der Waals surface area (Å²) < 4.78 is 38.6. The third-order valence-electron chi connectivity index (χ3n) is 8.04. The molecule has 2 aromatic carbocycles. The number of hydrogen-bond donors (Lipinski definition) is 11. The lowest BCUT2D eigenvalue weighted by Gasteiger charge is -2.40. The molecule has 20 nitrogen and oxygen atoms in total. The van der Waals surface area contributed by atoms with E-state index in [9.17, 15) is 60.7 Å². The zero-order valence-corrected chi connectivity index (χ0v) is 26.4. The van der Waals surface area contributed by atoms with E-state index in [1.54, 1.807) is 0 Å². The van der Waals surface area contributed by atoms with E-state index in [1.165, 1.54) is 19.2 Å². The molecule has 0 bridgehead atoms. The molecule has 10 atom stereocenters. The van der Waals surface area contributed by atoms with Crippen LogP contribution in [0.2, 0.25) is 0 Å². The molecule has 0 aliphatic carbocycles. The number of aliphatic hydroxyl groups excluding tert-OH is 7. The average Bonchev–Trinajstić information content (AvgIpc) is 3.08. The molecule has 2 fully saturated rings. The van der Waals surface area contributed by atoms with Crippen LogP contribution >= 0.6 is 0 Å². The normalized spacial score (nSPS) is 29.3. The summed E-state index contributed by atoms with van der Waals surface area (Å²) in [5.74, 6) is -5.57. The summed E-state index contributed by atoms with van der Waals surface area (Å²) in [6, 6.07) is 5.61. The van der Waals surface area contributed by atoms with E-state index in [0.717, 1.165) is 18.2 Å². The summed E-state index contributed by atoms with van der Waals surface area (Å²) in [4.78, 5) is 22.5. The maximum Gasteiger partial charge on any atom is 0.402 e. The number of benzene rings is 2. The van der Waals surface area contributed by atoms with Crippen molar-refractivity contribution in [1.29, 1.82) is 0 Å². The van der Waals surface area contributed by atoms with Gasteiger partial charge in [-0.05, 0) is 0 Å². The quantitative estimate of drug-likeness (QED) is 0.0436. The van der Waals surface area contributed by atoms with Crippen LogP contribution in [0.15, 0.2) is 34.7 Å². The summed E-state index contributed by atoms with van der Waals surface area (Å²) in [5, 5.41) is 112. The van der Waals surface area contributed by atoms with Gasteiger partial charge in [0.05, 0.1) is 25.3 Å². The minimum atomic E-state index is -1.95. The van der Waals surface area contributed by atoms with Crippen molar-refractivity contribution in [3.05, 3.63) is 30.3 Å². The van der Waals surface area contributed by atoms with Gasteiger partial charge in [-0.15, -0.1) is 0 Å². The highest BCUT2D eigenvalue weighted by Gasteiger charge is 2.47. The lowest BCUT2D eigenvalue weighted by atomic mass is 9.99. The second-order valence-electron chi connectivity index (χ2n) is 11.5. The maximum atomic E-state index is 11.7. The largest absolute Gasteiger partial charge is 0.507 e. The minimum Gasteiger partial charge on any atom is -0.507 e. The van der Waals surface area contributed by atoms with Gasteiger partial charge in [-0.25, -0.2) is 4.42 Å². The molecule has 2 aliphatic heterocycles. The Hall–Kier alpha value is -4.77. The average molecular weight is 728 g/mol. The Balaban J connectivity index is 1.57. The molecule has 3 aromatic rings. The predicted molar refractivity (Wildman–Crippen MR) is 163 cm³/mol. The van der Waals surface area contributed by atoms with Crippen LogP contribution in [-0.2, 0) is 23.8 Å². The smallest absolute Gasteiger partial charge is 0.402 e. The highest BCUT2D eigenvalue weighted by atomic mass is 16.7. The van der Waals surface area contributed by atoms with Gasteiger partial charge in [0, 0.05) is 24.3 Å². The molecule has 0 radical (unpaired) electrons. The number of ether oxygens (including phenoxy) is 6. The molecule has 1 aromatic heterocycles. The van der Waals surface area contributed by atoms with E-state index < -0.39 is 110 Å². The first-order chi connectivity index (χ1) is 24.1. The number of phenolic OH excluding ortho intramolecular Hbond substituents is 3. The van der Waals surface area contributed by atoms with Crippen molar-refractivity contribution in [1.82, 2.24) is 0 Å². The Morgan fingerprint density at radius 3 is 1.98 bits per heavy atom. The van der Waals surface area contributed by atoms with Gasteiger partial charge in [0.2, 0.25) is 24.1 Å². The first kappa shape index (κ1) is 37.5. The monoisotopic (exact) mass is 727 g/mol. The van der Waals surface area contributed by atoms with Gasteiger partial charge in [0.1, 0.15) is 78.7 Å². The van der Waals surface area contributed by atoms with Crippen LogP contribution in [-0.4, -0.2) is 150 Å². The standard InChI is InChI=1S/C31H34O20/c1-45-16-3-10(2-13(34)22(16)38)29-17(49-31-27(43)25(41)23(39)18(8-32)50-31)6-12-14(47-29)4-11(33)5-15(12)48-30-28(44)26(42)24(40)19(51-30)9-46-21(37)7-20(35)36/h2-6,18-19,23-28,30-32,39-44H,7-9H2,1H3,(H3-,33,34,35,36,38)/p+1/t18-,19-,23-,24-,25+,26+,27-,28-,30-,31-/m1/s1. The third-order valence-corrected chi connectivity index (χ3v) is 8.04. The van der Waals surface area contributed by atoms with Crippen molar-refractivity contribution >= 4 is 22.9 Å². The van der Waals surface area contributed by atoms with Gasteiger partial charge in [-0.2, -0.15) is 0 Å². The number of aliphatic hydroxyl groups is 7. The molecule has 278 valence electrons. The Kier molecular flexibility index (Phi) is 11.2. The van der Waals surface area contributed by atoms with Crippen LogP contribution in [0.3, 0.4) is 0 Å². The van der Waals surface area contributed by atoms with Crippen LogP contribution in [0.4, 0.5) is 0 Å². The molecule has 2 saturated heterocycles. The molecule has 20 heteroatoms. The van der Waals surface area contributed by atoms with Crippen LogP contribution in [0.25, 0.3) is 22.3 Å². The highest BCUT2D eigenvalue weighted by Crippen LogP contribution is 2.45. The van der Waals surface area contributed by atoms with Gasteiger partial charge >= 0.3 is 23.3 Å². The van der Waals surface area contributed by atoms with Gasteiger partial charge in [0.15, 0.2) is 11.5 Å². The number of aromatic hydroxyl groups is 3. The first-order valence-electron chi connectivity index (χ1n) is 15.1.